The zero-order chi connectivity index (χ0) is 20.5. The van der Waals surface area contributed by atoms with Crippen molar-refractivity contribution in [2.75, 3.05) is 17.5 Å². The highest BCUT2D eigenvalue weighted by Gasteiger charge is 2.37. The molecule has 0 aliphatic carbocycles. The van der Waals surface area contributed by atoms with Gasteiger partial charge in [-0.25, -0.2) is 21.2 Å². The summed E-state index contributed by atoms with van der Waals surface area (Å²) < 4.78 is 66.6. The van der Waals surface area contributed by atoms with Crippen LogP contribution in [0.1, 0.15) is 18.4 Å². The van der Waals surface area contributed by atoms with E-state index in [9.17, 15) is 21.2 Å². The van der Waals surface area contributed by atoms with Crippen LogP contribution in [0, 0.1) is 5.82 Å². The van der Waals surface area contributed by atoms with E-state index < -0.39 is 30.8 Å². The van der Waals surface area contributed by atoms with Crippen LogP contribution in [0.2, 0.25) is 5.02 Å². The maximum Gasteiger partial charge on any atom is 0.246 e. The average molecular weight is 447 g/mol. The molecular formula is C18H20ClFN2O4S2. The van der Waals surface area contributed by atoms with Gasteiger partial charge < -0.3 is 0 Å². The van der Waals surface area contributed by atoms with Crippen LogP contribution >= 0.6 is 11.6 Å². The van der Waals surface area contributed by atoms with E-state index in [1.54, 1.807) is 12.1 Å². The van der Waals surface area contributed by atoms with Crippen molar-refractivity contribution in [2.24, 2.45) is 0 Å². The van der Waals surface area contributed by atoms with Gasteiger partial charge in [-0.15, -0.1) is 0 Å². The highest BCUT2D eigenvalue weighted by molar-refractivity contribution is 7.92. The first-order valence-corrected chi connectivity index (χ1v) is 12.3. The van der Waals surface area contributed by atoms with Crippen molar-refractivity contribution in [1.29, 1.82) is 0 Å². The van der Waals surface area contributed by atoms with Gasteiger partial charge in [0.1, 0.15) is 10.7 Å². The number of nitrogens with one attached hydrogen (secondary N) is 1. The molecule has 1 atom stereocenters. The molecule has 6 nitrogen and oxygen atoms in total. The van der Waals surface area contributed by atoms with Crippen LogP contribution in [0.3, 0.4) is 0 Å². The average Bonchev–Trinajstić information content (AvgIpc) is 3.04. The van der Waals surface area contributed by atoms with Crippen molar-refractivity contribution in [2.45, 2.75) is 30.2 Å². The molecule has 0 saturated carbocycles. The molecule has 0 bridgehead atoms. The van der Waals surface area contributed by atoms with Crippen molar-refractivity contribution < 1.29 is 21.2 Å². The minimum Gasteiger partial charge on any atom is -0.284 e. The lowest BCUT2D eigenvalue weighted by Crippen LogP contribution is -2.37. The Morgan fingerprint density at radius 2 is 1.89 bits per heavy atom. The van der Waals surface area contributed by atoms with Crippen molar-refractivity contribution in [3.8, 4) is 0 Å². The summed E-state index contributed by atoms with van der Waals surface area (Å²) in [4.78, 5) is -0.474. The number of hydrogen-bond acceptors (Lipinski definition) is 4. The molecule has 152 valence electrons. The van der Waals surface area contributed by atoms with E-state index in [-0.39, 0.29) is 11.7 Å². The molecule has 0 spiro atoms. The van der Waals surface area contributed by atoms with Crippen LogP contribution in [-0.2, 0) is 26.5 Å². The van der Waals surface area contributed by atoms with Crippen LogP contribution in [0.25, 0.3) is 0 Å². The van der Waals surface area contributed by atoms with Gasteiger partial charge in [0.05, 0.1) is 11.9 Å². The van der Waals surface area contributed by atoms with Gasteiger partial charge >= 0.3 is 0 Å². The Hall–Kier alpha value is -1.68. The van der Waals surface area contributed by atoms with E-state index in [1.165, 1.54) is 10.4 Å². The zero-order valence-corrected chi connectivity index (χ0v) is 17.5. The lowest BCUT2D eigenvalue weighted by Gasteiger charge is -2.25. The van der Waals surface area contributed by atoms with Crippen molar-refractivity contribution >= 4 is 37.3 Å². The number of nitrogens with zero attached hydrogens (tertiary/aromatic N) is 1. The summed E-state index contributed by atoms with van der Waals surface area (Å²) in [7, 11) is -7.67. The van der Waals surface area contributed by atoms with Gasteiger partial charge in [0, 0.05) is 17.6 Å². The van der Waals surface area contributed by atoms with Gasteiger partial charge in [0.15, 0.2) is 0 Å². The number of anilines is 1. The molecule has 3 rings (SSSR count). The second-order valence-electron chi connectivity index (χ2n) is 6.73. The molecule has 1 unspecified atom stereocenters. The van der Waals surface area contributed by atoms with Gasteiger partial charge in [-0.3, -0.25) is 4.72 Å². The predicted octanol–water partition coefficient (Wildman–Crippen LogP) is 3.25. The lowest BCUT2D eigenvalue weighted by molar-refractivity contribution is 0.383. The van der Waals surface area contributed by atoms with Crippen LogP contribution in [-0.4, -0.2) is 40.0 Å². The number of benzene rings is 2. The molecule has 10 heteroatoms. The molecule has 28 heavy (non-hydrogen) atoms. The Kier molecular flexibility index (Phi) is 6.00. The summed E-state index contributed by atoms with van der Waals surface area (Å²) >= 11 is 6.19. The summed E-state index contributed by atoms with van der Waals surface area (Å²) in [6.07, 6.45) is 2.69. The van der Waals surface area contributed by atoms with Crippen LogP contribution in [0.5, 0.6) is 0 Å². The van der Waals surface area contributed by atoms with E-state index in [0.717, 1.165) is 24.0 Å². The molecule has 1 saturated heterocycles. The number of sulfonamides is 2. The van der Waals surface area contributed by atoms with Gasteiger partial charge in [-0.05, 0) is 49.1 Å². The van der Waals surface area contributed by atoms with Crippen molar-refractivity contribution in [3.05, 3.63) is 58.9 Å². The Bertz CT molecular complexity index is 1090. The van der Waals surface area contributed by atoms with Crippen LogP contribution < -0.4 is 4.72 Å². The molecule has 1 heterocycles. The number of rotatable bonds is 6. The van der Waals surface area contributed by atoms with Gasteiger partial charge in [0.2, 0.25) is 20.0 Å². The Morgan fingerprint density at radius 3 is 2.54 bits per heavy atom. The topological polar surface area (TPSA) is 83.5 Å². The molecule has 0 radical (unpaired) electrons. The second kappa shape index (κ2) is 7.98. The number of halogens is 2. The third kappa shape index (κ3) is 4.65. The molecule has 1 aliphatic heterocycles. The summed E-state index contributed by atoms with van der Waals surface area (Å²) in [5.41, 5.74) is 0.803. The Labute approximate surface area is 169 Å². The maximum absolute atomic E-state index is 14.5. The summed E-state index contributed by atoms with van der Waals surface area (Å²) in [6, 6.07) is 10.1. The third-order valence-electron chi connectivity index (χ3n) is 4.56. The normalized spacial score (nSPS) is 18.3. The van der Waals surface area contributed by atoms with Gasteiger partial charge in [-0.2, -0.15) is 4.31 Å². The highest BCUT2D eigenvalue weighted by atomic mass is 35.5. The monoisotopic (exact) mass is 446 g/mol. The molecule has 2 aromatic rings. The quantitative estimate of drug-likeness (QED) is 0.738. The SMILES string of the molecule is CS(=O)(=O)Nc1ccc(S(=O)(=O)N2CCCC2Cc2ccccc2Cl)c(F)c1. The molecule has 1 N–H and O–H groups in total. The van der Waals surface area contributed by atoms with E-state index in [2.05, 4.69) is 4.72 Å². The molecular weight excluding hydrogens is 427 g/mol. The van der Waals surface area contributed by atoms with E-state index >= 15 is 0 Å². The standard InChI is InChI=1S/C18H20ClFN2O4S2/c1-27(23,24)21-14-8-9-18(17(20)12-14)28(25,26)22-10-4-6-15(22)11-13-5-2-3-7-16(13)19/h2-3,5,7-9,12,15,21H,4,6,10-11H2,1H3. The third-order valence-corrected chi connectivity index (χ3v) is 7.52. The highest BCUT2D eigenvalue weighted by Crippen LogP contribution is 2.31. The predicted molar refractivity (Wildman–Crippen MR) is 107 cm³/mol. The first-order chi connectivity index (χ1) is 13.1. The van der Waals surface area contributed by atoms with Crippen molar-refractivity contribution in [1.82, 2.24) is 4.31 Å². The molecule has 2 aromatic carbocycles. The fourth-order valence-corrected chi connectivity index (χ4v) is 5.87. The van der Waals surface area contributed by atoms with Gasteiger partial charge in [-0.1, -0.05) is 29.8 Å². The molecule has 0 aromatic heterocycles. The Morgan fingerprint density at radius 1 is 1.18 bits per heavy atom. The molecule has 1 fully saturated rings. The van der Waals surface area contributed by atoms with E-state index in [1.807, 2.05) is 12.1 Å². The first kappa shape index (κ1) is 21.0. The fourth-order valence-electron chi connectivity index (χ4n) is 3.36. The summed E-state index contributed by atoms with van der Waals surface area (Å²) in [5.74, 6) is -1.00. The number of hydrogen-bond donors (Lipinski definition) is 1. The largest absolute Gasteiger partial charge is 0.284 e. The van der Waals surface area contributed by atoms with E-state index in [0.29, 0.717) is 30.8 Å². The second-order valence-corrected chi connectivity index (χ2v) is 10.7. The van der Waals surface area contributed by atoms with E-state index in [4.69, 9.17) is 11.6 Å². The summed E-state index contributed by atoms with van der Waals surface area (Å²) in [6.45, 7) is 0.292. The minimum absolute atomic E-state index is 0.0343. The van der Waals surface area contributed by atoms with Crippen LogP contribution in [0.15, 0.2) is 47.4 Å². The molecule has 1 aliphatic rings. The maximum atomic E-state index is 14.5. The molecule has 0 amide bonds. The van der Waals surface area contributed by atoms with Gasteiger partial charge in [0.25, 0.3) is 0 Å². The minimum atomic E-state index is -4.07. The fraction of sp³-hybridized carbons (Fsp3) is 0.333. The summed E-state index contributed by atoms with van der Waals surface area (Å²) in [5, 5.41) is 0.564. The Balaban J connectivity index is 1.88. The van der Waals surface area contributed by atoms with Crippen molar-refractivity contribution in [3.63, 3.8) is 0 Å². The smallest absolute Gasteiger partial charge is 0.246 e. The van der Waals surface area contributed by atoms with Crippen LogP contribution in [0.4, 0.5) is 10.1 Å². The zero-order valence-electron chi connectivity index (χ0n) is 15.1. The lowest BCUT2D eigenvalue weighted by atomic mass is 10.0. The first-order valence-electron chi connectivity index (χ1n) is 8.60.